The van der Waals surface area contributed by atoms with Crippen molar-refractivity contribution in [2.75, 3.05) is 0 Å². The highest BCUT2D eigenvalue weighted by atomic mass is 16.6. The first kappa shape index (κ1) is 6.40. The first-order valence-electron chi connectivity index (χ1n) is 2.40. The Balaban J connectivity index is 2.56. The number of aromatic nitrogens is 4. The van der Waals surface area contributed by atoms with Crippen molar-refractivity contribution in [2.24, 2.45) is 0 Å². The molecule has 0 saturated heterocycles. The fourth-order valence-corrected chi connectivity index (χ4v) is 0.328. The molecule has 0 unspecified atom stereocenters. The highest BCUT2D eigenvalue weighted by Gasteiger charge is 2.01. The van der Waals surface area contributed by atoms with Crippen molar-refractivity contribution in [1.82, 2.24) is 20.6 Å². The maximum Gasteiger partial charge on any atom is 0.363 e. The predicted octanol–water partition coefficient (Wildman–Crippen LogP) is -0.709. The lowest BCUT2D eigenvalue weighted by Gasteiger charge is -1.88. The van der Waals surface area contributed by atoms with Crippen LogP contribution in [0.5, 0.6) is 6.01 Å². The molecule has 0 atom stereocenters. The van der Waals surface area contributed by atoms with Crippen LogP contribution in [0.3, 0.4) is 0 Å². The summed E-state index contributed by atoms with van der Waals surface area (Å²) in [6.07, 6.45) is 1.01. The Kier molecular flexibility index (Phi) is 1.74. The topological polar surface area (TPSA) is 80.8 Å². The molecule has 0 aliphatic heterocycles. The van der Waals surface area contributed by atoms with E-state index >= 15 is 0 Å². The molecule has 0 amide bonds. The smallest absolute Gasteiger partial charge is 0.363 e. The SMILES string of the molecule is C=CC(=O)Oc1nn[nH]n1. The minimum absolute atomic E-state index is 0.107. The van der Waals surface area contributed by atoms with E-state index in [0.717, 1.165) is 6.08 Å². The lowest BCUT2D eigenvalue weighted by atomic mass is 10.7. The summed E-state index contributed by atoms with van der Waals surface area (Å²) in [5.74, 6) is -0.610. The van der Waals surface area contributed by atoms with E-state index < -0.39 is 5.97 Å². The molecule has 0 fully saturated rings. The van der Waals surface area contributed by atoms with Gasteiger partial charge >= 0.3 is 12.0 Å². The fraction of sp³-hybridized carbons (Fsp3) is 0. The number of carbonyl (C=O) groups is 1. The lowest BCUT2D eigenvalue weighted by molar-refractivity contribution is -0.129. The quantitative estimate of drug-likeness (QED) is 0.433. The predicted molar refractivity (Wildman–Crippen MR) is 30.0 cm³/mol. The van der Waals surface area contributed by atoms with Crippen LogP contribution in [0.1, 0.15) is 0 Å². The van der Waals surface area contributed by atoms with Gasteiger partial charge < -0.3 is 4.74 Å². The van der Waals surface area contributed by atoms with Gasteiger partial charge in [0.1, 0.15) is 0 Å². The number of aromatic amines is 1. The second kappa shape index (κ2) is 2.72. The zero-order valence-corrected chi connectivity index (χ0v) is 4.94. The van der Waals surface area contributed by atoms with Gasteiger partial charge in [0.25, 0.3) is 0 Å². The first-order valence-corrected chi connectivity index (χ1v) is 2.40. The van der Waals surface area contributed by atoms with Crippen molar-refractivity contribution in [3.8, 4) is 6.01 Å². The molecule has 0 bridgehead atoms. The van der Waals surface area contributed by atoms with Gasteiger partial charge in [-0.05, 0) is 5.21 Å². The van der Waals surface area contributed by atoms with Crippen LogP contribution in [0.4, 0.5) is 0 Å². The summed E-state index contributed by atoms with van der Waals surface area (Å²) < 4.78 is 4.43. The molecule has 0 aliphatic rings. The zero-order valence-electron chi connectivity index (χ0n) is 4.94. The van der Waals surface area contributed by atoms with Crippen molar-refractivity contribution in [1.29, 1.82) is 0 Å². The molecular formula is C4H4N4O2. The van der Waals surface area contributed by atoms with E-state index in [1.54, 1.807) is 0 Å². The number of nitrogens with zero attached hydrogens (tertiary/aromatic N) is 3. The van der Waals surface area contributed by atoms with E-state index in [1.165, 1.54) is 0 Å². The summed E-state index contributed by atoms with van der Waals surface area (Å²) in [6.45, 7) is 3.18. The van der Waals surface area contributed by atoms with Gasteiger partial charge in [0.15, 0.2) is 0 Å². The van der Waals surface area contributed by atoms with Gasteiger partial charge in [0.05, 0.1) is 0 Å². The molecule has 0 aliphatic carbocycles. The van der Waals surface area contributed by atoms with Crippen molar-refractivity contribution in [2.45, 2.75) is 0 Å². The molecule has 10 heavy (non-hydrogen) atoms. The van der Waals surface area contributed by atoms with Crippen molar-refractivity contribution >= 4 is 5.97 Å². The Morgan fingerprint density at radius 3 is 3.10 bits per heavy atom. The number of hydrogen-bond donors (Lipinski definition) is 1. The van der Waals surface area contributed by atoms with E-state index in [0.29, 0.717) is 0 Å². The number of tetrazole rings is 1. The van der Waals surface area contributed by atoms with Gasteiger partial charge in [-0.2, -0.15) is 5.21 Å². The Bertz CT molecular complexity index is 229. The van der Waals surface area contributed by atoms with E-state index in [9.17, 15) is 4.79 Å². The van der Waals surface area contributed by atoms with Gasteiger partial charge in [-0.1, -0.05) is 16.8 Å². The largest absolute Gasteiger partial charge is 0.385 e. The number of ether oxygens (including phenoxy) is 1. The van der Waals surface area contributed by atoms with Crippen molar-refractivity contribution in [3.63, 3.8) is 0 Å². The lowest BCUT2D eigenvalue weighted by Crippen LogP contribution is -2.04. The average molecular weight is 140 g/mol. The summed E-state index contributed by atoms with van der Waals surface area (Å²) >= 11 is 0. The fourth-order valence-electron chi connectivity index (χ4n) is 0.328. The van der Waals surface area contributed by atoms with Gasteiger partial charge in [0, 0.05) is 6.08 Å². The minimum atomic E-state index is -0.610. The number of carbonyl (C=O) groups excluding carboxylic acids is 1. The molecule has 0 radical (unpaired) electrons. The maximum absolute atomic E-state index is 10.4. The average Bonchev–Trinajstić information content (AvgIpc) is 2.40. The van der Waals surface area contributed by atoms with Crippen LogP contribution in [-0.2, 0) is 4.79 Å². The van der Waals surface area contributed by atoms with Crippen LogP contribution in [-0.4, -0.2) is 26.6 Å². The molecule has 0 saturated carbocycles. The second-order valence-electron chi connectivity index (χ2n) is 1.32. The third kappa shape index (κ3) is 1.38. The molecule has 52 valence electrons. The standard InChI is InChI=1S/C4H4N4O2/c1-2-3(9)10-4-5-7-8-6-4/h2H,1H2,(H,5,6,7,8). The molecular weight excluding hydrogens is 136 g/mol. The highest BCUT2D eigenvalue weighted by Crippen LogP contribution is 1.93. The number of hydrogen-bond acceptors (Lipinski definition) is 5. The van der Waals surface area contributed by atoms with Crippen molar-refractivity contribution in [3.05, 3.63) is 12.7 Å². The first-order chi connectivity index (χ1) is 4.83. The normalized spacial score (nSPS) is 8.80. The molecule has 0 spiro atoms. The van der Waals surface area contributed by atoms with E-state index in [2.05, 4.69) is 31.9 Å². The molecule has 6 nitrogen and oxygen atoms in total. The molecule has 1 heterocycles. The van der Waals surface area contributed by atoms with Gasteiger partial charge in [-0.25, -0.2) is 4.79 Å². The maximum atomic E-state index is 10.4. The third-order valence-corrected chi connectivity index (χ3v) is 0.684. The summed E-state index contributed by atoms with van der Waals surface area (Å²) in [5.41, 5.74) is 0. The Labute approximate surface area is 55.9 Å². The summed E-state index contributed by atoms with van der Waals surface area (Å²) in [7, 11) is 0. The second-order valence-corrected chi connectivity index (χ2v) is 1.32. The van der Waals surface area contributed by atoms with E-state index in [4.69, 9.17) is 0 Å². The Morgan fingerprint density at radius 1 is 1.80 bits per heavy atom. The molecule has 0 aromatic carbocycles. The van der Waals surface area contributed by atoms with Gasteiger partial charge in [-0.3, -0.25) is 0 Å². The van der Waals surface area contributed by atoms with Gasteiger partial charge in [0.2, 0.25) is 0 Å². The Morgan fingerprint density at radius 2 is 2.60 bits per heavy atom. The summed E-state index contributed by atoms with van der Waals surface area (Å²) in [5, 5.41) is 12.0. The number of esters is 1. The minimum Gasteiger partial charge on any atom is -0.385 e. The van der Waals surface area contributed by atoms with Crippen LogP contribution < -0.4 is 4.74 Å². The molecule has 1 N–H and O–H groups in total. The summed E-state index contributed by atoms with van der Waals surface area (Å²) in [4.78, 5) is 10.4. The summed E-state index contributed by atoms with van der Waals surface area (Å²) in [6, 6.07) is -0.107. The Hall–Kier alpha value is -1.72. The third-order valence-electron chi connectivity index (χ3n) is 0.684. The molecule has 1 aromatic rings. The monoisotopic (exact) mass is 140 g/mol. The number of rotatable bonds is 2. The number of H-pyrrole nitrogens is 1. The van der Waals surface area contributed by atoms with Crippen molar-refractivity contribution < 1.29 is 9.53 Å². The van der Waals surface area contributed by atoms with Crippen LogP contribution in [0.2, 0.25) is 0 Å². The van der Waals surface area contributed by atoms with Crippen LogP contribution in [0.25, 0.3) is 0 Å². The highest BCUT2D eigenvalue weighted by molar-refractivity contribution is 5.82. The zero-order chi connectivity index (χ0) is 7.40. The van der Waals surface area contributed by atoms with E-state index in [1.807, 2.05) is 0 Å². The molecule has 1 aromatic heterocycles. The van der Waals surface area contributed by atoms with Crippen LogP contribution in [0, 0.1) is 0 Å². The number of nitrogens with one attached hydrogen (secondary N) is 1. The van der Waals surface area contributed by atoms with Crippen LogP contribution in [0.15, 0.2) is 12.7 Å². The van der Waals surface area contributed by atoms with Gasteiger partial charge in [-0.15, -0.1) is 0 Å². The molecule has 1 rings (SSSR count). The van der Waals surface area contributed by atoms with Crippen LogP contribution >= 0.6 is 0 Å². The molecule has 6 heteroatoms. The van der Waals surface area contributed by atoms with E-state index in [-0.39, 0.29) is 6.01 Å².